The van der Waals surface area contributed by atoms with Crippen LogP contribution in [0, 0.1) is 0 Å². The van der Waals surface area contributed by atoms with E-state index in [1.807, 2.05) is 42.5 Å². The van der Waals surface area contributed by atoms with Gasteiger partial charge in [0.15, 0.2) is 5.58 Å². The number of fused-ring (bicyclic) bond motifs is 11. The Kier molecular flexibility index (Phi) is 6.56. The molecular weight excluding hydrogens is 687 g/mol. The van der Waals surface area contributed by atoms with Crippen molar-refractivity contribution >= 4 is 93.5 Å². The first-order chi connectivity index (χ1) is 27.7. The number of furan rings is 1. The average molecular weight is 718 g/mol. The molecule has 12 aromatic rings. The first-order valence-electron chi connectivity index (χ1n) is 18.9. The molecule has 0 fully saturated rings. The zero-order chi connectivity index (χ0) is 36.7. The van der Waals surface area contributed by atoms with Gasteiger partial charge in [-0.25, -0.2) is 4.98 Å². The molecule has 12 rings (SSSR count). The summed E-state index contributed by atoms with van der Waals surface area (Å²) in [4.78, 5) is 7.28. The number of rotatable bonds is 5. The molecule has 5 heteroatoms. The van der Waals surface area contributed by atoms with Crippen LogP contribution in [0.1, 0.15) is 0 Å². The quantitative estimate of drug-likeness (QED) is 0.166. The second-order valence-corrected chi connectivity index (χ2v) is 14.4. The predicted molar refractivity (Wildman–Crippen MR) is 231 cm³/mol. The average Bonchev–Trinajstić information content (AvgIpc) is 3.96. The number of oxazole rings is 1. The monoisotopic (exact) mass is 717 g/mol. The molecule has 0 amide bonds. The standard InChI is InChI=1S/C51H31N3O2/c1-2-11-34(12-3-1)51-52-44-27-24-33-22-21-32-23-25-37(30-42(32)49(33)50(44)56-51)53(38-26-28-48-43(31-38)41-17-6-9-20-47(41)55-48)35-13-10-14-36(29-35)54-45-18-7-4-15-39(45)40-16-5-8-19-46(40)54/h1-31H. The Morgan fingerprint density at radius 1 is 0.429 bits per heavy atom. The Morgan fingerprint density at radius 2 is 1.05 bits per heavy atom. The van der Waals surface area contributed by atoms with Crippen LogP contribution in [-0.4, -0.2) is 9.55 Å². The SMILES string of the molecule is c1ccc(-c2nc3ccc4ccc5ccc(N(c6cccc(-n7c8ccccc8c8ccccc87)c6)c6ccc7oc8ccccc8c7c6)cc5c4c3o2)cc1. The topological polar surface area (TPSA) is 47.3 Å². The van der Waals surface area contributed by atoms with Gasteiger partial charge in [0.05, 0.1) is 11.0 Å². The van der Waals surface area contributed by atoms with Crippen LogP contribution in [0.25, 0.3) is 93.5 Å². The summed E-state index contributed by atoms with van der Waals surface area (Å²) in [5.41, 5.74) is 10.8. The van der Waals surface area contributed by atoms with Crippen LogP contribution in [0.4, 0.5) is 17.1 Å². The minimum atomic E-state index is 0.616. The number of hydrogen-bond donors (Lipinski definition) is 0. The van der Waals surface area contributed by atoms with Crippen LogP contribution < -0.4 is 4.90 Å². The molecule has 0 atom stereocenters. The van der Waals surface area contributed by atoms with Crippen LogP contribution >= 0.6 is 0 Å². The van der Waals surface area contributed by atoms with Crippen molar-refractivity contribution in [3.05, 3.63) is 188 Å². The molecule has 0 saturated heterocycles. The van der Waals surface area contributed by atoms with Crippen molar-refractivity contribution in [2.45, 2.75) is 0 Å². The zero-order valence-corrected chi connectivity index (χ0v) is 30.1. The maximum Gasteiger partial charge on any atom is 0.227 e. The molecule has 0 aliphatic heterocycles. The molecule has 0 spiro atoms. The van der Waals surface area contributed by atoms with E-state index >= 15 is 0 Å². The van der Waals surface area contributed by atoms with Gasteiger partial charge in [-0.2, -0.15) is 0 Å². The molecule has 0 saturated carbocycles. The molecule has 9 aromatic carbocycles. The normalized spacial score (nSPS) is 11.9. The van der Waals surface area contributed by atoms with E-state index in [0.29, 0.717) is 5.89 Å². The number of hydrogen-bond acceptors (Lipinski definition) is 4. The molecule has 3 aromatic heterocycles. The van der Waals surface area contributed by atoms with Gasteiger partial charge < -0.3 is 18.3 Å². The summed E-state index contributed by atoms with van der Waals surface area (Å²) < 4.78 is 15.3. The maximum atomic E-state index is 6.61. The van der Waals surface area contributed by atoms with Gasteiger partial charge in [-0.05, 0) is 101 Å². The first kappa shape index (κ1) is 30.8. The number of anilines is 3. The van der Waals surface area contributed by atoms with E-state index in [0.717, 1.165) is 82.9 Å². The zero-order valence-electron chi connectivity index (χ0n) is 30.1. The lowest BCUT2D eigenvalue weighted by Crippen LogP contribution is -2.10. The molecule has 0 radical (unpaired) electrons. The second kappa shape index (κ2) is 11.9. The molecule has 0 aliphatic rings. The summed E-state index contributed by atoms with van der Waals surface area (Å²) >= 11 is 0. The van der Waals surface area contributed by atoms with Crippen molar-refractivity contribution in [3.63, 3.8) is 0 Å². The number of aromatic nitrogens is 2. The summed E-state index contributed by atoms with van der Waals surface area (Å²) in [6.07, 6.45) is 0. The van der Waals surface area contributed by atoms with Gasteiger partial charge in [0.1, 0.15) is 16.7 Å². The summed E-state index contributed by atoms with van der Waals surface area (Å²) in [6.45, 7) is 0. The van der Waals surface area contributed by atoms with Crippen molar-refractivity contribution in [1.29, 1.82) is 0 Å². The van der Waals surface area contributed by atoms with Gasteiger partial charge in [-0.3, -0.25) is 0 Å². The lowest BCUT2D eigenvalue weighted by molar-refractivity contribution is 0.623. The van der Waals surface area contributed by atoms with E-state index in [1.165, 1.54) is 21.8 Å². The van der Waals surface area contributed by atoms with Gasteiger partial charge in [-0.15, -0.1) is 0 Å². The largest absolute Gasteiger partial charge is 0.456 e. The lowest BCUT2D eigenvalue weighted by Gasteiger charge is -2.27. The minimum absolute atomic E-state index is 0.616. The van der Waals surface area contributed by atoms with Crippen molar-refractivity contribution < 1.29 is 8.83 Å². The highest BCUT2D eigenvalue weighted by Gasteiger charge is 2.20. The van der Waals surface area contributed by atoms with Crippen LogP contribution in [-0.2, 0) is 0 Å². The van der Waals surface area contributed by atoms with Crippen molar-refractivity contribution in [2.75, 3.05) is 4.90 Å². The third-order valence-corrected chi connectivity index (χ3v) is 11.2. The highest BCUT2D eigenvalue weighted by Crippen LogP contribution is 2.43. The summed E-state index contributed by atoms with van der Waals surface area (Å²) in [5, 5.41) is 9.01. The Morgan fingerprint density at radius 3 is 1.88 bits per heavy atom. The molecule has 0 N–H and O–H groups in total. The van der Waals surface area contributed by atoms with Gasteiger partial charge in [0, 0.05) is 55.2 Å². The highest BCUT2D eigenvalue weighted by molar-refractivity contribution is 6.19. The Hall–Kier alpha value is -7.63. The van der Waals surface area contributed by atoms with Gasteiger partial charge >= 0.3 is 0 Å². The van der Waals surface area contributed by atoms with Gasteiger partial charge in [-0.1, -0.05) is 103 Å². The van der Waals surface area contributed by atoms with Crippen LogP contribution in [0.5, 0.6) is 0 Å². The van der Waals surface area contributed by atoms with E-state index in [9.17, 15) is 0 Å². The van der Waals surface area contributed by atoms with Crippen molar-refractivity contribution in [3.8, 4) is 17.1 Å². The molecule has 56 heavy (non-hydrogen) atoms. The number of benzene rings is 9. The molecule has 0 bridgehead atoms. The third kappa shape index (κ3) is 4.64. The molecule has 262 valence electrons. The van der Waals surface area contributed by atoms with Crippen LogP contribution in [0.3, 0.4) is 0 Å². The number of para-hydroxylation sites is 3. The maximum absolute atomic E-state index is 6.61. The fraction of sp³-hybridized carbons (Fsp3) is 0. The summed E-state index contributed by atoms with van der Waals surface area (Å²) in [5.74, 6) is 0.616. The molecular formula is C51H31N3O2. The van der Waals surface area contributed by atoms with E-state index in [4.69, 9.17) is 13.8 Å². The summed E-state index contributed by atoms with van der Waals surface area (Å²) in [6, 6.07) is 66.3. The van der Waals surface area contributed by atoms with Gasteiger partial charge in [0.25, 0.3) is 0 Å². The molecule has 0 unspecified atom stereocenters. The van der Waals surface area contributed by atoms with Gasteiger partial charge in [0.2, 0.25) is 5.89 Å². The van der Waals surface area contributed by atoms with Crippen molar-refractivity contribution in [2.24, 2.45) is 0 Å². The van der Waals surface area contributed by atoms with E-state index in [2.05, 4.69) is 155 Å². The lowest BCUT2D eigenvalue weighted by atomic mass is 10.00. The highest BCUT2D eigenvalue weighted by atomic mass is 16.3. The fourth-order valence-corrected chi connectivity index (χ4v) is 8.63. The van der Waals surface area contributed by atoms with Crippen LogP contribution in [0.2, 0.25) is 0 Å². The first-order valence-corrected chi connectivity index (χ1v) is 18.9. The molecule has 0 aliphatic carbocycles. The smallest absolute Gasteiger partial charge is 0.227 e. The molecule has 5 nitrogen and oxygen atoms in total. The van der Waals surface area contributed by atoms with E-state index in [-0.39, 0.29) is 0 Å². The van der Waals surface area contributed by atoms with Crippen LogP contribution in [0.15, 0.2) is 197 Å². The third-order valence-electron chi connectivity index (χ3n) is 11.2. The second-order valence-electron chi connectivity index (χ2n) is 14.4. The number of nitrogens with zero attached hydrogens (tertiary/aromatic N) is 3. The predicted octanol–water partition coefficient (Wildman–Crippen LogP) is 14.3. The summed E-state index contributed by atoms with van der Waals surface area (Å²) in [7, 11) is 0. The minimum Gasteiger partial charge on any atom is -0.456 e. The molecule has 3 heterocycles. The van der Waals surface area contributed by atoms with Crippen molar-refractivity contribution in [1.82, 2.24) is 9.55 Å². The Bertz CT molecular complexity index is 3450. The Labute approximate surface area is 320 Å². The van der Waals surface area contributed by atoms with E-state index < -0.39 is 0 Å². The Balaban J connectivity index is 1.11. The fourth-order valence-electron chi connectivity index (χ4n) is 8.63. The van der Waals surface area contributed by atoms with E-state index in [1.54, 1.807) is 0 Å².